The number of rotatable bonds is 6. The standard InChI is InChI=1S/C25H19Cl2N3O7/c26-10-21(33)28-30(29-22(34)11-27)12-13-2-1-3-18-23(13)24(35)37-25(18)16-6-4-14(31)8-19(16)36-20-9-15(32)5-7-17(20)25/h1-9,31-32H,10-12H2,(H,28,33)(H,29,34). The highest BCUT2D eigenvalue weighted by atomic mass is 35.5. The zero-order chi connectivity index (χ0) is 26.3. The largest absolute Gasteiger partial charge is 0.508 e. The third kappa shape index (κ3) is 4.18. The van der Waals surface area contributed by atoms with Crippen LogP contribution < -0.4 is 15.6 Å². The summed E-state index contributed by atoms with van der Waals surface area (Å²) >= 11 is 11.2. The number of hydrogen-bond acceptors (Lipinski definition) is 8. The van der Waals surface area contributed by atoms with Gasteiger partial charge in [0.05, 0.1) is 12.1 Å². The number of halogens is 2. The molecule has 2 aliphatic heterocycles. The van der Waals surface area contributed by atoms with E-state index >= 15 is 0 Å². The number of fused-ring (bicyclic) bond motifs is 6. The number of ether oxygens (including phenoxy) is 2. The molecular weight excluding hydrogens is 525 g/mol. The van der Waals surface area contributed by atoms with Crippen LogP contribution in [0, 0.1) is 0 Å². The first-order valence-electron chi connectivity index (χ1n) is 11.0. The van der Waals surface area contributed by atoms with Crippen LogP contribution in [0.15, 0.2) is 54.6 Å². The molecule has 0 radical (unpaired) electrons. The van der Waals surface area contributed by atoms with Gasteiger partial charge in [-0.05, 0) is 29.8 Å². The van der Waals surface area contributed by atoms with Crippen LogP contribution in [0.25, 0.3) is 0 Å². The molecule has 0 bridgehead atoms. The number of carbonyl (C=O) groups excluding carboxylic acids is 3. The predicted octanol–water partition coefficient (Wildman–Crippen LogP) is 3.01. The van der Waals surface area contributed by atoms with Crippen molar-refractivity contribution < 1.29 is 34.1 Å². The van der Waals surface area contributed by atoms with Gasteiger partial charge in [-0.3, -0.25) is 20.4 Å². The SMILES string of the molecule is O=C(CCl)NN(Cc1cccc2c1C(=O)OC21c2ccc(O)cc2Oc2cc(O)ccc21)NC(=O)CCl. The zero-order valence-corrected chi connectivity index (χ0v) is 20.5. The van der Waals surface area contributed by atoms with E-state index in [0.717, 1.165) is 5.12 Å². The summed E-state index contributed by atoms with van der Waals surface area (Å²) in [7, 11) is 0. The molecule has 10 nitrogen and oxygen atoms in total. The van der Waals surface area contributed by atoms with Crippen LogP contribution in [0.3, 0.4) is 0 Å². The van der Waals surface area contributed by atoms with Gasteiger partial charge in [-0.2, -0.15) is 0 Å². The molecule has 3 aromatic rings. The van der Waals surface area contributed by atoms with Crippen molar-refractivity contribution in [3.05, 3.63) is 82.4 Å². The smallest absolute Gasteiger partial charge is 0.340 e. The Hall–Kier alpha value is -3.99. The van der Waals surface area contributed by atoms with E-state index in [1.165, 1.54) is 24.3 Å². The minimum absolute atomic E-state index is 0.0588. The fraction of sp³-hybridized carbons (Fsp3) is 0.160. The Morgan fingerprint density at radius 3 is 1.97 bits per heavy atom. The van der Waals surface area contributed by atoms with Crippen molar-refractivity contribution in [1.82, 2.24) is 16.0 Å². The van der Waals surface area contributed by atoms with E-state index in [2.05, 4.69) is 10.9 Å². The predicted molar refractivity (Wildman–Crippen MR) is 131 cm³/mol. The van der Waals surface area contributed by atoms with Crippen molar-refractivity contribution in [3.63, 3.8) is 0 Å². The number of benzene rings is 3. The number of phenolic OH excluding ortho intramolecular Hbond substituents is 2. The van der Waals surface area contributed by atoms with Gasteiger partial charge in [0.1, 0.15) is 34.8 Å². The molecule has 0 aliphatic carbocycles. The second-order valence-electron chi connectivity index (χ2n) is 8.30. The molecule has 4 N–H and O–H groups in total. The summed E-state index contributed by atoms with van der Waals surface area (Å²) in [6.45, 7) is -0.124. The van der Waals surface area contributed by atoms with Crippen LogP contribution in [0.4, 0.5) is 0 Å². The van der Waals surface area contributed by atoms with Gasteiger partial charge >= 0.3 is 5.97 Å². The van der Waals surface area contributed by atoms with E-state index in [0.29, 0.717) is 22.3 Å². The summed E-state index contributed by atoms with van der Waals surface area (Å²) in [4.78, 5) is 37.3. The fourth-order valence-electron chi connectivity index (χ4n) is 4.59. The molecule has 2 aliphatic rings. The summed E-state index contributed by atoms with van der Waals surface area (Å²) in [5.74, 6) is -2.18. The number of hydrogen-bond donors (Lipinski definition) is 4. The highest BCUT2D eigenvalue weighted by molar-refractivity contribution is 6.27. The lowest BCUT2D eigenvalue weighted by atomic mass is 9.77. The average Bonchev–Trinajstić information content (AvgIpc) is 3.16. The zero-order valence-electron chi connectivity index (χ0n) is 19.0. The van der Waals surface area contributed by atoms with E-state index in [4.69, 9.17) is 32.7 Å². The normalized spacial score (nSPS) is 14.3. The maximum atomic E-state index is 13.5. The molecule has 12 heteroatoms. The lowest BCUT2D eigenvalue weighted by molar-refractivity contribution is -0.131. The maximum Gasteiger partial charge on any atom is 0.340 e. The van der Waals surface area contributed by atoms with Gasteiger partial charge in [-0.1, -0.05) is 18.2 Å². The number of carbonyl (C=O) groups is 3. The van der Waals surface area contributed by atoms with E-state index in [-0.39, 0.29) is 46.9 Å². The molecule has 190 valence electrons. The van der Waals surface area contributed by atoms with Crippen LogP contribution in [0.2, 0.25) is 0 Å². The fourth-order valence-corrected chi connectivity index (χ4v) is 4.71. The number of nitrogens with one attached hydrogen (secondary N) is 2. The Kier molecular flexibility index (Phi) is 6.32. The van der Waals surface area contributed by atoms with Crippen molar-refractivity contribution in [2.24, 2.45) is 0 Å². The van der Waals surface area contributed by atoms with E-state index < -0.39 is 23.4 Å². The van der Waals surface area contributed by atoms with Crippen LogP contribution in [0.1, 0.15) is 32.6 Å². The average molecular weight is 544 g/mol. The van der Waals surface area contributed by atoms with Crippen molar-refractivity contribution in [1.29, 1.82) is 0 Å². The Balaban J connectivity index is 1.66. The van der Waals surface area contributed by atoms with Crippen LogP contribution in [-0.4, -0.2) is 44.9 Å². The molecule has 1 spiro atoms. The van der Waals surface area contributed by atoms with Crippen LogP contribution >= 0.6 is 23.2 Å². The van der Waals surface area contributed by atoms with Crippen LogP contribution in [0.5, 0.6) is 23.0 Å². The Labute approximate surface area is 220 Å². The highest BCUT2D eigenvalue weighted by Gasteiger charge is 2.54. The number of nitrogens with zero attached hydrogens (tertiary/aromatic N) is 1. The third-order valence-electron chi connectivity index (χ3n) is 5.98. The summed E-state index contributed by atoms with van der Waals surface area (Å²) in [6.07, 6.45) is 0. The molecule has 2 heterocycles. The third-order valence-corrected chi connectivity index (χ3v) is 6.46. The molecule has 0 atom stereocenters. The minimum atomic E-state index is -1.45. The second kappa shape index (κ2) is 9.47. The molecule has 0 fully saturated rings. The van der Waals surface area contributed by atoms with Gasteiger partial charge in [0.15, 0.2) is 5.60 Å². The van der Waals surface area contributed by atoms with E-state index in [1.807, 2.05) is 0 Å². The number of amides is 2. The van der Waals surface area contributed by atoms with Gasteiger partial charge in [0.25, 0.3) is 11.8 Å². The summed E-state index contributed by atoms with van der Waals surface area (Å²) in [6, 6.07) is 14.0. The Morgan fingerprint density at radius 1 is 0.865 bits per heavy atom. The van der Waals surface area contributed by atoms with Gasteiger partial charge in [0, 0.05) is 28.8 Å². The lowest BCUT2D eigenvalue weighted by Gasteiger charge is -2.36. The van der Waals surface area contributed by atoms with Gasteiger partial charge < -0.3 is 19.7 Å². The summed E-state index contributed by atoms with van der Waals surface area (Å²) in [5.41, 5.74) is 5.50. The van der Waals surface area contributed by atoms with Gasteiger partial charge in [-0.25, -0.2) is 4.79 Å². The minimum Gasteiger partial charge on any atom is -0.508 e. The number of aromatic hydroxyl groups is 2. The maximum absolute atomic E-state index is 13.5. The molecule has 0 unspecified atom stereocenters. The van der Waals surface area contributed by atoms with Crippen molar-refractivity contribution >= 4 is 41.0 Å². The summed E-state index contributed by atoms with van der Waals surface area (Å²) < 4.78 is 12.0. The van der Waals surface area contributed by atoms with Crippen LogP contribution in [-0.2, 0) is 26.5 Å². The molecule has 0 aromatic heterocycles. The molecule has 3 aromatic carbocycles. The first kappa shape index (κ1) is 24.7. The lowest BCUT2D eigenvalue weighted by Crippen LogP contribution is -2.53. The van der Waals surface area contributed by atoms with Gasteiger partial charge in [0.2, 0.25) is 0 Å². The number of phenols is 2. The number of alkyl halides is 2. The summed E-state index contributed by atoms with van der Waals surface area (Å²) in [5, 5.41) is 21.2. The molecule has 5 rings (SSSR count). The van der Waals surface area contributed by atoms with Gasteiger partial charge in [-0.15, -0.1) is 28.3 Å². The topological polar surface area (TPSA) is 137 Å². The second-order valence-corrected chi connectivity index (χ2v) is 8.83. The first-order chi connectivity index (χ1) is 17.8. The molecule has 2 amide bonds. The number of hydrazine groups is 2. The van der Waals surface area contributed by atoms with E-state index in [9.17, 15) is 24.6 Å². The first-order valence-corrected chi connectivity index (χ1v) is 12.0. The van der Waals surface area contributed by atoms with Crippen molar-refractivity contribution in [2.75, 3.05) is 11.8 Å². The monoisotopic (exact) mass is 543 g/mol. The van der Waals surface area contributed by atoms with Crippen molar-refractivity contribution in [2.45, 2.75) is 12.1 Å². The molecule has 0 saturated heterocycles. The molecule has 37 heavy (non-hydrogen) atoms. The quantitative estimate of drug-likeness (QED) is 0.211. The molecular formula is C25H19Cl2N3O7. The van der Waals surface area contributed by atoms with E-state index in [1.54, 1.807) is 30.3 Å². The van der Waals surface area contributed by atoms with Crippen molar-refractivity contribution in [3.8, 4) is 23.0 Å². The number of esters is 1. The Morgan fingerprint density at radius 2 is 1.43 bits per heavy atom. The highest BCUT2D eigenvalue weighted by Crippen LogP contribution is 2.57. The Bertz CT molecular complexity index is 1380. The molecule has 0 saturated carbocycles.